The van der Waals surface area contributed by atoms with Crippen molar-refractivity contribution in [1.82, 2.24) is 10.2 Å². The molecule has 2 heterocycles. The summed E-state index contributed by atoms with van der Waals surface area (Å²) < 4.78 is 16.5. The van der Waals surface area contributed by atoms with Crippen LogP contribution in [-0.4, -0.2) is 55.1 Å². The second-order valence-electron chi connectivity index (χ2n) is 6.08. The number of fused-ring (bicyclic) bond motifs is 1. The van der Waals surface area contributed by atoms with Gasteiger partial charge in [-0.15, -0.1) is 0 Å². The highest BCUT2D eigenvalue weighted by Gasteiger charge is 2.31. The van der Waals surface area contributed by atoms with Crippen LogP contribution < -0.4 is 14.8 Å². The third-order valence-corrected chi connectivity index (χ3v) is 4.98. The molecule has 0 bridgehead atoms. The summed E-state index contributed by atoms with van der Waals surface area (Å²) >= 11 is 5.51. The lowest BCUT2D eigenvalue weighted by molar-refractivity contribution is 0.109. The van der Waals surface area contributed by atoms with Gasteiger partial charge in [-0.25, -0.2) is 0 Å². The minimum atomic E-state index is -0.679. The summed E-state index contributed by atoms with van der Waals surface area (Å²) in [6.07, 6.45) is 1.71. The van der Waals surface area contributed by atoms with E-state index in [1.807, 2.05) is 17.0 Å². The van der Waals surface area contributed by atoms with Gasteiger partial charge in [0.05, 0.1) is 26.9 Å². The summed E-state index contributed by atoms with van der Waals surface area (Å²) in [6, 6.07) is 3.68. The smallest absolute Gasteiger partial charge is 0.169 e. The van der Waals surface area contributed by atoms with Crippen LogP contribution in [0.1, 0.15) is 30.1 Å². The SMILES string of the molecule is COc1ccc(OC)c2c1CN(C(=S)NC[C@H]1CCCO1)C[C@H]2O. The molecule has 2 aliphatic rings. The van der Waals surface area contributed by atoms with Crippen LogP contribution in [0.25, 0.3) is 0 Å². The normalized spacial score (nSPS) is 22.9. The van der Waals surface area contributed by atoms with Gasteiger partial charge < -0.3 is 29.5 Å². The van der Waals surface area contributed by atoms with Gasteiger partial charge in [0.15, 0.2) is 5.11 Å². The lowest BCUT2D eigenvalue weighted by Gasteiger charge is -2.35. The van der Waals surface area contributed by atoms with Gasteiger partial charge in [-0.3, -0.25) is 0 Å². The van der Waals surface area contributed by atoms with E-state index in [-0.39, 0.29) is 6.10 Å². The molecule has 1 aromatic carbocycles. The topological polar surface area (TPSA) is 63.2 Å². The van der Waals surface area contributed by atoms with Crippen molar-refractivity contribution in [2.75, 3.05) is 33.9 Å². The molecule has 0 aliphatic carbocycles. The summed E-state index contributed by atoms with van der Waals surface area (Å²) in [4.78, 5) is 1.96. The molecule has 1 aromatic rings. The van der Waals surface area contributed by atoms with Crippen LogP contribution in [0.3, 0.4) is 0 Å². The summed E-state index contributed by atoms with van der Waals surface area (Å²) in [6.45, 7) is 2.53. The fourth-order valence-corrected chi connectivity index (χ4v) is 3.57. The largest absolute Gasteiger partial charge is 0.496 e. The lowest BCUT2D eigenvalue weighted by Crippen LogP contribution is -2.46. The number of benzene rings is 1. The number of rotatable bonds is 4. The van der Waals surface area contributed by atoms with Crippen molar-refractivity contribution in [2.24, 2.45) is 0 Å². The Labute approximate surface area is 147 Å². The molecule has 0 radical (unpaired) electrons. The van der Waals surface area contributed by atoms with Gasteiger partial charge in [-0.1, -0.05) is 0 Å². The molecule has 0 amide bonds. The lowest BCUT2D eigenvalue weighted by atomic mass is 9.95. The van der Waals surface area contributed by atoms with Crippen molar-refractivity contribution in [2.45, 2.75) is 31.6 Å². The number of β-amino-alcohol motifs (C(OH)–C–C–N with tert-alkyl or cyclic N) is 1. The number of nitrogens with zero attached hydrogens (tertiary/aromatic N) is 1. The summed E-state index contributed by atoms with van der Waals surface area (Å²) in [7, 11) is 3.23. The standard InChI is InChI=1S/C17H24N2O4S/c1-21-14-5-6-15(22-2)16-12(14)9-19(10-13(16)20)17(24)18-8-11-4-3-7-23-11/h5-6,11,13,20H,3-4,7-10H2,1-2H3,(H,18,24)/t11-,13-/m1/s1. The molecule has 0 aromatic heterocycles. The van der Waals surface area contributed by atoms with E-state index in [9.17, 15) is 5.11 Å². The van der Waals surface area contributed by atoms with Crippen molar-refractivity contribution < 1.29 is 19.3 Å². The highest BCUT2D eigenvalue weighted by atomic mass is 32.1. The molecule has 1 saturated heterocycles. The molecule has 2 aliphatic heterocycles. The van der Waals surface area contributed by atoms with Crippen LogP contribution in [0, 0.1) is 0 Å². The van der Waals surface area contributed by atoms with E-state index < -0.39 is 6.10 Å². The maximum atomic E-state index is 10.6. The zero-order valence-electron chi connectivity index (χ0n) is 14.1. The number of hydrogen-bond acceptors (Lipinski definition) is 5. The Bertz CT molecular complexity index is 604. The molecule has 2 atom stereocenters. The number of hydrogen-bond donors (Lipinski definition) is 2. The zero-order chi connectivity index (χ0) is 17.1. The number of methoxy groups -OCH3 is 2. The van der Waals surface area contributed by atoms with E-state index in [4.69, 9.17) is 26.4 Å². The Morgan fingerprint density at radius 2 is 2.12 bits per heavy atom. The molecule has 3 rings (SSSR count). The molecule has 7 heteroatoms. The van der Waals surface area contributed by atoms with E-state index in [0.717, 1.165) is 36.3 Å². The Hall–Kier alpha value is -1.57. The van der Waals surface area contributed by atoms with Crippen LogP contribution in [0.4, 0.5) is 0 Å². The fourth-order valence-electron chi connectivity index (χ4n) is 3.35. The van der Waals surface area contributed by atoms with Crippen LogP contribution in [-0.2, 0) is 11.3 Å². The molecule has 0 spiro atoms. The second-order valence-corrected chi connectivity index (χ2v) is 6.47. The number of thiocarbonyl (C=S) groups is 1. The molecule has 0 unspecified atom stereocenters. The van der Waals surface area contributed by atoms with Gasteiger partial charge in [0.1, 0.15) is 17.6 Å². The van der Waals surface area contributed by atoms with Crippen LogP contribution >= 0.6 is 12.2 Å². The van der Waals surface area contributed by atoms with Gasteiger partial charge in [0.2, 0.25) is 0 Å². The third-order valence-electron chi connectivity index (χ3n) is 4.58. The third kappa shape index (κ3) is 3.43. The first-order valence-electron chi connectivity index (χ1n) is 8.20. The van der Waals surface area contributed by atoms with E-state index in [0.29, 0.717) is 30.5 Å². The maximum absolute atomic E-state index is 10.6. The Morgan fingerprint density at radius 1 is 1.38 bits per heavy atom. The van der Waals surface area contributed by atoms with Gasteiger partial charge in [-0.05, 0) is 37.2 Å². The summed E-state index contributed by atoms with van der Waals surface area (Å²) in [5.74, 6) is 1.41. The number of aliphatic hydroxyl groups excluding tert-OH is 1. The fraction of sp³-hybridized carbons (Fsp3) is 0.588. The molecule has 24 heavy (non-hydrogen) atoms. The Kier molecular flexibility index (Phi) is 5.43. The van der Waals surface area contributed by atoms with E-state index in [1.165, 1.54) is 0 Å². The quantitative estimate of drug-likeness (QED) is 0.798. The van der Waals surface area contributed by atoms with Gasteiger partial charge in [0, 0.05) is 30.8 Å². The number of ether oxygens (including phenoxy) is 3. The van der Waals surface area contributed by atoms with E-state index in [1.54, 1.807) is 14.2 Å². The second kappa shape index (κ2) is 7.55. The number of nitrogens with one attached hydrogen (secondary N) is 1. The minimum Gasteiger partial charge on any atom is -0.496 e. The summed E-state index contributed by atoms with van der Waals surface area (Å²) in [5, 5.41) is 14.5. The van der Waals surface area contributed by atoms with Crippen LogP contribution in [0.2, 0.25) is 0 Å². The highest BCUT2D eigenvalue weighted by Crippen LogP contribution is 2.39. The summed E-state index contributed by atoms with van der Waals surface area (Å²) in [5.41, 5.74) is 1.70. The van der Waals surface area contributed by atoms with E-state index >= 15 is 0 Å². The van der Waals surface area contributed by atoms with Gasteiger partial charge >= 0.3 is 0 Å². The van der Waals surface area contributed by atoms with Crippen molar-refractivity contribution in [3.8, 4) is 11.5 Å². The van der Waals surface area contributed by atoms with E-state index in [2.05, 4.69) is 5.32 Å². The minimum absolute atomic E-state index is 0.222. The van der Waals surface area contributed by atoms with Crippen molar-refractivity contribution in [3.63, 3.8) is 0 Å². The van der Waals surface area contributed by atoms with Gasteiger partial charge in [0.25, 0.3) is 0 Å². The molecule has 132 valence electrons. The molecule has 6 nitrogen and oxygen atoms in total. The Morgan fingerprint density at radius 3 is 2.79 bits per heavy atom. The zero-order valence-corrected chi connectivity index (χ0v) is 14.9. The van der Waals surface area contributed by atoms with Crippen molar-refractivity contribution in [1.29, 1.82) is 0 Å². The van der Waals surface area contributed by atoms with Crippen molar-refractivity contribution in [3.05, 3.63) is 23.3 Å². The molecule has 1 fully saturated rings. The Balaban J connectivity index is 1.74. The first kappa shape index (κ1) is 17.3. The molecule has 2 N–H and O–H groups in total. The maximum Gasteiger partial charge on any atom is 0.169 e. The van der Waals surface area contributed by atoms with Crippen LogP contribution in [0.15, 0.2) is 12.1 Å². The average molecular weight is 352 g/mol. The molecular weight excluding hydrogens is 328 g/mol. The van der Waals surface area contributed by atoms with Crippen molar-refractivity contribution >= 4 is 17.3 Å². The molecular formula is C17H24N2O4S. The van der Waals surface area contributed by atoms with Crippen LogP contribution in [0.5, 0.6) is 11.5 Å². The predicted molar refractivity (Wildman–Crippen MR) is 94.5 cm³/mol. The van der Waals surface area contributed by atoms with Gasteiger partial charge in [-0.2, -0.15) is 0 Å². The predicted octanol–water partition coefficient (Wildman–Crippen LogP) is 1.61. The number of aliphatic hydroxyl groups is 1. The first-order chi connectivity index (χ1) is 11.6. The average Bonchev–Trinajstić information content (AvgIpc) is 3.12. The highest BCUT2D eigenvalue weighted by molar-refractivity contribution is 7.80. The molecule has 0 saturated carbocycles. The monoisotopic (exact) mass is 352 g/mol. The first-order valence-corrected chi connectivity index (χ1v) is 8.61.